The molecule has 0 unspecified atom stereocenters. The number of hydrogen-bond acceptors (Lipinski definition) is 4. The van der Waals surface area contributed by atoms with E-state index in [0.717, 1.165) is 17.3 Å². The summed E-state index contributed by atoms with van der Waals surface area (Å²) in [5.41, 5.74) is 0.845. The van der Waals surface area contributed by atoms with Crippen LogP contribution in [0.3, 0.4) is 0 Å². The second-order valence-electron chi connectivity index (χ2n) is 3.26. The third-order valence-corrected chi connectivity index (χ3v) is 3.08. The molecule has 2 amide bonds. The Morgan fingerprint density at radius 3 is 2.80 bits per heavy atom. The summed E-state index contributed by atoms with van der Waals surface area (Å²) in [6.07, 6.45) is 0.455. The number of nitrogens with one attached hydrogen (secondary N) is 1. The minimum atomic E-state index is -0.376. The third kappa shape index (κ3) is 2.30. The van der Waals surface area contributed by atoms with Crippen LogP contribution in [0.5, 0.6) is 5.75 Å². The summed E-state index contributed by atoms with van der Waals surface area (Å²) in [5, 5.41) is 10.8. The van der Waals surface area contributed by atoms with Crippen molar-refractivity contribution in [3.63, 3.8) is 0 Å². The van der Waals surface area contributed by atoms with Gasteiger partial charge in [-0.3, -0.25) is 14.9 Å². The van der Waals surface area contributed by atoms with Crippen molar-refractivity contribution in [2.24, 2.45) is 0 Å². The number of carbonyl (C=O) groups is 2. The first-order chi connectivity index (χ1) is 7.15. The summed E-state index contributed by atoms with van der Waals surface area (Å²) in [5.74, 6) is -0.0874. The lowest BCUT2D eigenvalue weighted by Crippen LogP contribution is -2.25. The van der Waals surface area contributed by atoms with Crippen LogP contribution in [0.15, 0.2) is 24.3 Å². The summed E-state index contributed by atoms with van der Waals surface area (Å²) in [7, 11) is 0. The zero-order valence-corrected chi connectivity index (χ0v) is 8.58. The standard InChI is InChI=1S/C10H9NO3S/c12-7-3-1-2-6(4-7)5-8-9(13)11-10(14)15-8/h1-4,8,12H,5H2,(H,11,13,14)/t8-/m0/s1. The smallest absolute Gasteiger partial charge is 0.286 e. The van der Waals surface area contributed by atoms with E-state index in [2.05, 4.69) is 5.32 Å². The average Bonchev–Trinajstić information content (AvgIpc) is 2.45. The van der Waals surface area contributed by atoms with E-state index in [1.165, 1.54) is 0 Å². The summed E-state index contributed by atoms with van der Waals surface area (Å²) in [6, 6.07) is 6.69. The van der Waals surface area contributed by atoms with Gasteiger partial charge in [0.1, 0.15) is 5.75 Å². The highest BCUT2D eigenvalue weighted by atomic mass is 32.2. The Balaban J connectivity index is 2.09. The van der Waals surface area contributed by atoms with E-state index < -0.39 is 0 Å². The number of benzene rings is 1. The maximum atomic E-state index is 11.3. The minimum Gasteiger partial charge on any atom is -0.508 e. The molecule has 1 atom stereocenters. The highest BCUT2D eigenvalue weighted by Gasteiger charge is 2.31. The predicted octanol–water partition coefficient (Wildman–Crippen LogP) is 1.29. The van der Waals surface area contributed by atoms with Gasteiger partial charge in [-0.1, -0.05) is 23.9 Å². The number of phenols is 1. The van der Waals surface area contributed by atoms with Crippen molar-refractivity contribution in [3.05, 3.63) is 29.8 Å². The Hall–Kier alpha value is -1.49. The number of hydrogen-bond donors (Lipinski definition) is 2. The van der Waals surface area contributed by atoms with Crippen LogP contribution in [0.2, 0.25) is 0 Å². The lowest BCUT2D eigenvalue weighted by molar-refractivity contribution is -0.118. The molecule has 0 aliphatic carbocycles. The monoisotopic (exact) mass is 223 g/mol. The summed E-state index contributed by atoms with van der Waals surface area (Å²) in [4.78, 5) is 22.2. The summed E-state index contributed by atoms with van der Waals surface area (Å²) < 4.78 is 0. The van der Waals surface area contributed by atoms with Gasteiger partial charge in [0.2, 0.25) is 5.91 Å². The van der Waals surface area contributed by atoms with Crippen molar-refractivity contribution in [1.82, 2.24) is 5.32 Å². The fraction of sp³-hybridized carbons (Fsp3) is 0.200. The van der Waals surface area contributed by atoms with Crippen molar-refractivity contribution in [2.45, 2.75) is 11.7 Å². The Labute approximate surface area is 90.7 Å². The molecule has 15 heavy (non-hydrogen) atoms. The maximum absolute atomic E-state index is 11.3. The van der Waals surface area contributed by atoms with Crippen molar-refractivity contribution < 1.29 is 14.7 Å². The van der Waals surface area contributed by atoms with Crippen LogP contribution in [-0.2, 0) is 11.2 Å². The molecule has 0 radical (unpaired) electrons. The van der Waals surface area contributed by atoms with E-state index in [0.29, 0.717) is 6.42 Å². The first-order valence-corrected chi connectivity index (χ1v) is 5.32. The van der Waals surface area contributed by atoms with Gasteiger partial charge in [-0.05, 0) is 24.1 Å². The largest absolute Gasteiger partial charge is 0.508 e. The Kier molecular flexibility index (Phi) is 2.64. The molecule has 1 aliphatic rings. The van der Waals surface area contributed by atoms with Crippen LogP contribution in [-0.4, -0.2) is 21.5 Å². The van der Waals surface area contributed by atoms with E-state index in [1.807, 2.05) is 6.07 Å². The van der Waals surface area contributed by atoms with Crippen LogP contribution in [0, 0.1) is 0 Å². The van der Waals surface area contributed by atoms with Gasteiger partial charge >= 0.3 is 0 Å². The molecule has 1 aromatic carbocycles. The van der Waals surface area contributed by atoms with E-state index in [9.17, 15) is 14.7 Å². The maximum Gasteiger partial charge on any atom is 0.286 e. The van der Waals surface area contributed by atoms with E-state index in [1.54, 1.807) is 18.2 Å². The molecule has 1 heterocycles. The first-order valence-electron chi connectivity index (χ1n) is 4.44. The molecule has 0 saturated carbocycles. The third-order valence-electron chi connectivity index (χ3n) is 2.10. The lowest BCUT2D eigenvalue weighted by atomic mass is 10.1. The molecular formula is C10H9NO3S. The van der Waals surface area contributed by atoms with Crippen LogP contribution in [0.1, 0.15) is 5.56 Å². The van der Waals surface area contributed by atoms with Gasteiger partial charge in [-0.15, -0.1) is 0 Å². The fourth-order valence-electron chi connectivity index (χ4n) is 1.43. The van der Waals surface area contributed by atoms with Gasteiger partial charge in [-0.25, -0.2) is 0 Å². The summed E-state index contributed by atoms with van der Waals surface area (Å²) >= 11 is 0.993. The molecule has 0 spiro atoms. The van der Waals surface area contributed by atoms with Crippen LogP contribution >= 0.6 is 11.8 Å². The second kappa shape index (κ2) is 3.94. The molecule has 1 fully saturated rings. The number of rotatable bonds is 2. The van der Waals surface area contributed by atoms with E-state index >= 15 is 0 Å². The molecular weight excluding hydrogens is 214 g/mol. The molecule has 2 N–H and O–H groups in total. The molecule has 1 saturated heterocycles. The van der Waals surface area contributed by atoms with Crippen LogP contribution < -0.4 is 5.32 Å². The number of phenolic OH excluding ortho intramolecular Hbond substituents is 1. The number of thioether (sulfide) groups is 1. The first kappa shape index (κ1) is 10.0. The van der Waals surface area contributed by atoms with E-state index in [4.69, 9.17) is 0 Å². The highest BCUT2D eigenvalue weighted by Crippen LogP contribution is 2.23. The highest BCUT2D eigenvalue weighted by molar-refractivity contribution is 8.15. The normalized spacial score (nSPS) is 20.4. The van der Waals surface area contributed by atoms with Crippen molar-refractivity contribution >= 4 is 22.9 Å². The number of amides is 2. The molecule has 2 rings (SSSR count). The van der Waals surface area contributed by atoms with Gasteiger partial charge in [-0.2, -0.15) is 0 Å². The van der Waals surface area contributed by atoms with Crippen molar-refractivity contribution in [2.75, 3.05) is 0 Å². The molecule has 78 valence electrons. The van der Waals surface area contributed by atoms with Crippen LogP contribution in [0.25, 0.3) is 0 Å². The van der Waals surface area contributed by atoms with Gasteiger partial charge in [0.05, 0.1) is 5.25 Å². The zero-order valence-electron chi connectivity index (χ0n) is 7.77. The number of imide groups is 1. The Morgan fingerprint density at radius 1 is 1.40 bits per heavy atom. The Bertz CT molecular complexity index is 419. The Morgan fingerprint density at radius 2 is 2.20 bits per heavy atom. The van der Waals surface area contributed by atoms with Gasteiger partial charge in [0, 0.05) is 0 Å². The minimum absolute atomic E-state index is 0.169. The van der Waals surface area contributed by atoms with Gasteiger partial charge in [0.15, 0.2) is 0 Å². The predicted molar refractivity (Wildman–Crippen MR) is 56.7 cm³/mol. The molecule has 0 aromatic heterocycles. The number of carbonyl (C=O) groups excluding carboxylic acids is 2. The molecule has 1 aromatic rings. The van der Waals surface area contributed by atoms with Gasteiger partial charge in [0.25, 0.3) is 5.24 Å². The SMILES string of the molecule is O=C1NC(=O)[C@H](Cc2cccc(O)c2)S1. The molecule has 1 aliphatic heterocycles. The second-order valence-corrected chi connectivity index (χ2v) is 4.43. The van der Waals surface area contributed by atoms with E-state index in [-0.39, 0.29) is 22.1 Å². The number of aromatic hydroxyl groups is 1. The zero-order chi connectivity index (χ0) is 10.8. The molecule has 4 nitrogen and oxygen atoms in total. The van der Waals surface area contributed by atoms with Crippen molar-refractivity contribution in [1.29, 1.82) is 0 Å². The van der Waals surface area contributed by atoms with Crippen molar-refractivity contribution in [3.8, 4) is 5.75 Å². The van der Waals surface area contributed by atoms with Crippen LogP contribution in [0.4, 0.5) is 4.79 Å². The molecule has 0 bridgehead atoms. The summed E-state index contributed by atoms with van der Waals surface area (Å²) in [6.45, 7) is 0. The quantitative estimate of drug-likeness (QED) is 0.792. The topological polar surface area (TPSA) is 66.4 Å². The fourth-order valence-corrected chi connectivity index (χ4v) is 2.28. The molecule has 5 heteroatoms. The lowest BCUT2D eigenvalue weighted by Gasteiger charge is -2.04. The average molecular weight is 223 g/mol. The van der Waals surface area contributed by atoms with Gasteiger partial charge < -0.3 is 5.11 Å².